The normalized spacial score (nSPS) is 17.9. The van der Waals surface area contributed by atoms with Gasteiger partial charge in [0, 0.05) is 13.6 Å². The minimum Gasteiger partial charge on any atom is -0.397 e. The van der Waals surface area contributed by atoms with Crippen molar-refractivity contribution in [3.8, 4) is 0 Å². The first-order valence-electron chi connectivity index (χ1n) is 6.68. The minimum absolute atomic E-state index is 0.770. The average molecular weight is 248 g/mol. The van der Waals surface area contributed by atoms with E-state index in [9.17, 15) is 0 Å². The summed E-state index contributed by atoms with van der Waals surface area (Å²) in [4.78, 5) is 9.07. The zero-order chi connectivity index (χ0) is 13.1. The van der Waals surface area contributed by atoms with Crippen LogP contribution >= 0.6 is 0 Å². The van der Waals surface area contributed by atoms with Crippen LogP contribution in [-0.2, 0) is 0 Å². The van der Waals surface area contributed by atoms with Gasteiger partial charge in [-0.1, -0.05) is 0 Å². The number of hydrogen-bond acceptors (Lipinski definition) is 4. The van der Waals surface area contributed by atoms with Crippen molar-refractivity contribution in [3.05, 3.63) is 17.8 Å². The van der Waals surface area contributed by atoms with Crippen molar-refractivity contribution < 1.29 is 0 Å². The average Bonchev–Trinajstić information content (AvgIpc) is 2.35. The number of nitrogens with zero attached hydrogens (tertiary/aromatic N) is 3. The van der Waals surface area contributed by atoms with Crippen LogP contribution in [0.4, 0.5) is 11.5 Å². The van der Waals surface area contributed by atoms with Crippen molar-refractivity contribution in [1.29, 1.82) is 0 Å². The van der Waals surface area contributed by atoms with E-state index >= 15 is 0 Å². The molecule has 2 rings (SSSR count). The van der Waals surface area contributed by atoms with Crippen LogP contribution in [0.5, 0.6) is 0 Å². The van der Waals surface area contributed by atoms with E-state index in [1.807, 2.05) is 6.92 Å². The first kappa shape index (κ1) is 13.1. The fourth-order valence-electron chi connectivity index (χ4n) is 2.49. The van der Waals surface area contributed by atoms with Crippen molar-refractivity contribution in [2.24, 2.45) is 5.92 Å². The molecule has 100 valence electrons. The molecular formula is C14H24N4. The zero-order valence-electron chi connectivity index (χ0n) is 11.7. The largest absolute Gasteiger partial charge is 0.397 e. The summed E-state index contributed by atoms with van der Waals surface area (Å²) in [5.74, 6) is 1.81. The maximum absolute atomic E-state index is 5.80. The molecule has 0 spiro atoms. The van der Waals surface area contributed by atoms with E-state index in [0.29, 0.717) is 0 Å². The number of anilines is 2. The number of likely N-dealkylation sites (tertiary alicyclic amines) is 1. The summed E-state index contributed by atoms with van der Waals surface area (Å²) in [5.41, 5.74) is 7.68. The van der Waals surface area contributed by atoms with Crippen molar-refractivity contribution in [3.63, 3.8) is 0 Å². The van der Waals surface area contributed by atoms with E-state index in [1.54, 1.807) is 6.20 Å². The van der Waals surface area contributed by atoms with Gasteiger partial charge in [-0.05, 0) is 57.5 Å². The third-order valence-corrected chi connectivity index (χ3v) is 3.90. The van der Waals surface area contributed by atoms with Gasteiger partial charge in [0.2, 0.25) is 0 Å². The monoisotopic (exact) mass is 248 g/mol. The Morgan fingerprint density at radius 2 is 2.11 bits per heavy atom. The van der Waals surface area contributed by atoms with E-state index in [0.717, 1.165) is 29.5 Å². The first-order chi connectivity index (χ1) is 8.56. The highest BCUT2D eigenvalue weighted by atomic mass is 15.2. The van der Waals surface area contributed by atoms with Crippen LogP contribution in [0, 0.1) is 12.8 Å². The van der Waals surface area contributed by atoms with Gasteiger partial charge in [-0.15, -0.1) is 0 Å². The van der Waals surface area contributed by atoms with Gasteiger partial charge in [-0.25, -0.2) is 4.98 Å². The molecule has 1 saturated heterocycles. The Balaban J connectivity index is 1.94. The van der Waals surface area contributed by atoms with Gasteiger partial charge in [0.1, 0.15) is 5.82 Å². The standard InChI is InChI=1S/C14H24N4/c1-11-8-14(16-9-13(11)15)18(3)10-12-4-6-17(2)7-5-12/h8-9,12H,4-7,10,15H2,1-3H3. The molecule has 1 aliphatic rings. The molecule has 0 bridgehead atoms. The molecule has 0 aromatic carbocycles. The van der Waals surface area contributed by atoms with Crippen LogP contribution in [0.25, 0.3) is 0 Å². The fourth-order valence-corrected chi connectivity index (χ4v) is 2.49. The van der Waals surface area contributed by atoms with Crippen LogP contribution in [0.15, 0.2) is 12.3 Å². The lowest BCUT2D eigenvalue weighted by Crippen LogP contribution is -2.36. The molecule has 1 aromatic heterocycles. The number of aromatic nitrogens is 1. The molecule has 0 radical (unpaired) electrons. The lowest BCUT2D eigenvalue weighted by Gasteiger charge is -2.32. The third kappa shape index (κ3) is 3.13. The fraction of sp³-hybridized carbons (Fsp3) is 0.643. The van der Waals surface area contributed by atoms with Crippen molar-refractivity contribution in [2.75, 3.05) is 44.4 Å². The van der Waals surface area contributed by atoms with Crippen molar-refractivity contribution >= 4 is 11.5 Å². The summed E-state index contributed by atoms with van der Waals surface area (Å²) >= 11 is 0. The number of nitrogens with two attached hydrogens (primary N) is 1. The second-order valence-corrected chi connectivity index (χ2v) is 5.53. The summed E-state index contributed by atoms with van der Waals surface area (Å²) in [7, 11) is 4.32. The van der Waals surface area contributed by atoms with Gasteiger partial charge in [0.05, 0.1) is 11.9 Å². The molecule has 1 aromatic rings. The van der Waals surface area contributed by atoms with Crippen LogP contribution in [-0.4, -0.2) is 43.6 Å². The van der Waals surface area contributed by atoms with Crippen LogP contribution in [0.3, 0.4) is 0 Å². The number of rotatable bonds is 3. The Labute approximate surface area is 110 Å². The molecule has 18 heavy (non-hydrogen) atoms. The second-order valence-electron chi connectivity index (χ2n) is 5.53. The van der Waals surface area contributed by atoms with E-state index < -0.39 is 0 Å². The van der Waals surface area contributed by atoms with Crippen LogP contribution in [0.2, 0.25) is 0 Å². The highest BCUT2D eigenvalue weighted by molar-refractivity contribution is 5.51. The smallest absolute Gasteiger partial charge is 0.128 e. The lowest BCUT2D eigenvalue weighted by atomic mass is 9.97. The summed E-state index contributed by atoms with van der Waals surface area (Å²) in [6.45, 7) is 5.55. The van der Waals surface area contributed by atoms with Crippen LogP contribution < -0.4 is 10.6 Å². The molecule has 2 heterocycles. The highest BCUT2D eigenvalue weighted by Crippen LogP contribution is 2.21. The van der Waals surface area contributed by atoms with Gasteiger partial charge in [0.25, 0.3) is 0 Å². The van der Waals surface area contributed by atoms with Gasteiger partial charge in [-0.2, -0.15) is 0 Å². The van der Waals surface area contributed by atoms with Gasteiger partial charge >= 0.3 is 0 Å². The zero-order valence-corrected chi connectivity index (χ0v) is 11.7. The maximum atomic E-state index is 5.80. The number of hydrogen-bond donors (Lipinski definition) is 1. The first-order valence-corrected chi connectivity index (χ1v) is 6.68. The Kier molecular flexibility index (Phi) is 4.07. The second kappa shape index (κ2) is 5.57. The number of piperidine rings is 1. The molecule has 4 nitrogen and oxygen atoms in total. The lowest BCUT2D eigenvalue weighted by molar-refractivity contribution is 0.222. The Morgan fingerprint density at radius 3 is 2.72 bits per heavy atom. The van der Waals surface area contributed by atoms with Crippen LogP contribution in [0.1, 0.15) is 18.4 Å². The molecule has 2 N–H and O–H groups in total. The predicted molar refractivity (Wildman–Crippen MR) is 76.9 cm³/mol. The molecule has 1 fully saturated rings. The molecule has 0 aliphatic carbocycles. The van der Waals surface area contributed by atoms with Crippen molar-refractivity contribution in [1.82, 2.24) is 9.88 Å². The molecule has 0 amide bonds. The Hall–Kier alpha value is -1.29. The molecular weight excluding hydrogens is 224 g/mol. The number of aryl methyl sites for hydroxylation is 1. The maximum Gasteiger partial charge on any atom is 0.128 e. The molecule has 1 aliphatic heterocycles. The molecule has 0 saturated carbocycles. The van der Waals surface area contributed by atoms with E-state index in [4.69, 9.17) is 5.73 Å². The van der Waals surface area contributed by atoms with E-state index in [-0.39, 0.29) is 0 Å². The summed E-state index contributed by atoms with van der Waals surface area (Å²) < 4.78 is 0. The molecule has 0 atom stereocenters. The minimum atomic E-state index is 0.770. The number of nitrogen functional groups attached to an aromatic ring is 1. The topological polar surface area (TPSA) is 45.4 Å². The third-order valence-electron chi connectivity index (χ3n) is 3.90. The van der Waals surface area contributed by atoms with Crippen molar-refractivity contribution in [2.45, 2.75) is 19.8 Å². The van der Waals surface area contributed by atoms with E-state index in [1.165, 1.54) is 25.9 Å². The molecule has 4 heteroatoms. The Morgan fingerprint density at radius 1 is 1.44 bits per heavy atom. The van der Waals surface area contributed by atoms with E-state index in [2.05, 4.69) is 34.9 Å². The predicted octanol–water partition coefficient (Wildman–Crippen LogP) is 1.75. The van der Waals surface area contributed by atoms with Gasteiger partial charge < -0.3 is 15.5 Å². The summed E-state index contributed by atoms with van der Waals surface area (Å²) in [5, 5.41) is 0. The summed E-state index contributed by atoms with van der Waals surface area (Å²) in [6.07, 6.45) is 4.33. The summed E-state index contributed by atoms with van der Waals surface area (Å²) in [6, 6.07) is 2.07. The Bertz CT molecular complexity index is 397. The SMILES string of the molecule is Cc1cc(N(C)CC2CCN(C)CC2)ncc1N. The number of pyridine rings is 1. The van der Waals surface area contributed by atoms with Gasteiger partial charge in [-0.3, -0.25) is 0 Å². The quantitative estimate of drug-likeness (QED) is 0.885. The van der Waals surface area contributed by atoms with Gasteiger partial charge in [0.15, 0.2) is 0 Å². The molecule has 0 unspecified atom stereocenters. The highest BCUT2D eigenvalue weighted by Gasteiger charge is 2.18.